The second-order valence-electron chi connectivity index (χ2n) is 5.63. The van der Waals surface area contributed by atoms with Crippen LogP contribution < -0.4 is 10.6 Å². The molecule has 0 saturated heterocycles. The van der Waals surface area contributed by atoms with Crippen LogP contribution in [0, 0.1) is 0 Å². The molecule has 20 heavy (non-hydrogen) atoms. The topological polar surface area (TPSA) is 54.0 Å². The van der Waals surface area contributed by atoms with Gasteiger partial charge in [0, 0.05) is 11.2 Å². The number of aromatic nitrogens is 1. The van der Waals surface area contributed by atoms with Crippen LogP contribution in [-0.2, 0) is 0 Å². The lowest BCUT2D eigenvalue weighted by Crippen LogP contribution is -2.40. The highest BCUT2D eigenvalue weighted by Crippen LogP contribution is 2.15. The number of hydrogen-bond donors (Lipinski definition) is 2. The summed E-state index contributed by atoms with van der Waals surface area (Å²) in [5, 5.41) is 6.11. The number of benzene rings is 1. The van der Waals surface area contributed by atoms with Crippen molar-refractivity contribution in [3.63, 3.8) is 0 Å². The Morgan fingerprint density at radius 3 is 2.25 bits per heavy atom. The number of rotatable bonds is 3. The minimum Gasteiger partial charge on any atom is -0.354 e. The van der Waals surface area contributed by atoms with Crippen LogP contribution in [0.2, 0.25) is 0 Å². The first kappa shape index (κ1) is 14.1. The summed E-state index contributed by atoms with van der Waals surface area (Å²) in [7, 11) is 0. The molecule has 0 fully saturated rings. The van der Waals surface area contributed by atoms with Gasteiger partial charge >= 0.3 is 0 Å². The van der Waals surface area contributed by atoms with Crippen molar-refractivity contribution in [1.29, 1.82) is 0 Å². The van der Waals surface area contributed by atoms with Crippen LogP contribution in [0.4, 0.5) is 11.4 Å². The largest absolute Gasteiger partial charge is 0.354 e. The minimum absolute atomic E-state index is 0.163. The fourth-order valence-corrected chi connectivity index (χ4v) is 1.69. The lowest BCUT2D eigenvalue weighted by molar-refractivity contribution is 0.0914. The maximum atomic E-state index is 11.9. The van der Waals surface area contributed by atoms with Crippen LogP contribution in [0.3, 0.4) is 0 Å². The van der Waals surface area contributed by atoms with Gasteiger partial charge in [-0.25, -0.2) is 4.98 Å². The summed E-state index contributed by atoms with van der Waals surface area (Å²) in [5.41, 5.74) is 1.99. The van der Waals surface area contributed by atoms with E-state index in [-0.39, 0.29) is 11.4 Å². The van der Waals surface area contributed by atoms with Gasteiger partial charge in [-0.15, -0.1) is 0 Å². The average molecular weight is 269 g/mol. The van der Waals surface area contributed by atoms with Gasteiger partial charge < -0.3 is 10.6 Å². The van der Waals surface area contributed by atoms with Gasteiger partial charge in [0.15, 0.2) is 0 Å². The van der Waals surface area contributed by atoms with Crippen molar-refractivity contribution in [2.24, 2.45) is 0 Å². The molecule has 1 aromatic heterocycles. The van der Waals surface area contributed by atoms with Gasteiger partial charge in [0.2, 0.25) is 0 Å². The van der Waals surface area contributed by atoms with E-state index in [0.29, 0.717) is 5.69 Å². The Hall–Kier alpha value is -2.36. The van der Waals surface area contributed by atoms with E-state index >= 15 is 0 Å². The molecule has 1 aromatic carbocycles. The summed E-state index contributed by atoms with van der Waals surface area (Å²) >= 11 is 0. The normalized spacial score (nSPS) is 10.9. The number of anilines is 2. The van der Waals surface area contributed by atoms with Crippen LogP contribution in [0.25, 0.3) is 0 Å². The van der Waals surface area contributed by atoms with Crippen molar-refractivity contribution < 1.29 is 4.79 Å². The van der Waals surface area contributed by atoms with Crippen molar-refractivity contribution in [1.82, 2.24) is 10.3 Å². The Labute approximate surface area is 119 Å². The summed E-state index contributed by atoms with van der Waals surface area (Å²) < 4.78 is 0. The maximum Gasteiger partial charge on any atom is 0.270 e. The van der Waals surface area contributed by atoms with Crippen molar-refractivity contribution in [3.8, 4) is 0 Å². The van der Waals surface area contributed by atoms with Gasteiger partial charge in [-0.05, 0) is 45.0 Å². The summed E-state index contributed by atoms with van der Waals surface area (Å²) in [6.45, 7) is 5.82. The molecule has 0 unspecified atom stereocenters. The number of amides is 1. The molecule has 4 nitrogen and oxygen atoms in total. The second-order valence-corrected chi connectivity index (χ2v) is 5.63. The van der Waals surface area contributed by atoms with Gasteiger partial charge in [0.25, 0.3) is 5.91 Å². The quantitative estimate of drug-likeness (QED) is 0.898. The molecule has 0 radical (unpaired) electrons. The fourth-order valence-electron chi connectivity index (χ4n) is 1.69. The van der Waals surface area contributed by atoms with E-state index in [1.54, 1.807) is 12.3 Å². The van der Waals surface area contributed by atoms with Gasteiger partial charge in [-0.2, -0.15) is 0 Å². The number of carbonyl (C=O) groups is 1. The minimum atomic E-state index is -0.264. The number of nitrogens with one attached hydrogen (secondary N) is 2. The molecule has 0 saturated carbocycles. The molecule has 0 aliphatic rings. The van der Waals surface area contributed by atoms with Crippen LogP contribution in [0.5, 0.6) is 0 Å². The molecular formula is C16H19N3O. The molecule has 104 valence electrons. The smallest absolute Gasteiger partial charge is 0.270 e. The van der Waals surface area contributed by atoms with E-state index < -0.39 is 0 Å². The monoisotopic (exact) mass is 269 g/mol. The Bertz CT molecular complexity index is 571. The van der Waals surface area contributed by atoms with E-state index in [1.807, 2.05) is 57.2 Å². The van der Waals surface area contributed by atoms with Crippen LogP contribution in [-0.4, -0.2) is 16.4 Å². The molecular weight excluding hydrogens is 250 g/mol. The average Bonchev–Trinajstić information content (AvgIpc) is 2.39. The van der Waals surface area contributed by atoms with Crippen LogP contribution in [0.1, 0.15) is 31.3 Å². The molecule has 2 N–H and O–H groups in total. The summed E-state index contributed by atoms with van der Waals surface area (Å²) in [6.07, 6.45) is 1.66. The molecule has 1 heterocycles. The predicted molar refractivity (Wildman–Crippen MR) is 81.2 cm³/mol. The predicted octanol–water partition coefficient (Wildman–Crippen LogP) is 3.35. The van der Waals surface area contributed by atoms with Crippen molar-refractivity contribution in [2.45, 2.75) is 26.3 Å². The maximum absolute atomic E-state index is 11.9. The number of nitrogens with zero attached hydrogens (tertiary/aromatic N) is 1. The zero-order valence-electron chi connectivity index (χ0n) is 12.0. The van der Waals surface area contributed by atoms with E-state index in [9.17, 15) is 4.79 Å². The van der Waals surface area contributed by atoms with E-state index in [2.05, 4.69) is 15.6 Å². The van der Waals surface area contributed by atoms with Gasteiger partial charge in [0.1, 0.15) is 5.69 Å². The zero-order valence-corrected chi connectivity index (χ0v) is 12.0. The summed E-state index contributed by atoms with van der Waals surface area (Å²) in [4.78, 5) is 16.1. The summed E-state index contributed by atoms with van der Waals surface area (Å²) in [6, 6.07) is 13.4. The Morgan fingerprint density at radius 1 is 1.00 bits per heavy atom. The van der Waals surface area contributed by atoms with Crippen molar-refractivity contribution in [2.75, 3.05) is 5.32 Å². The third-order valence-corrected chi connectivity index (χ3v) is 2.55. The second kappa shape index (κ2) is 5.74. The fraction of sp³-hybridized carbons (Fsp3) is 0.250. The molecule has 0 aliphatic carbocycles. The van der Waals surface area contributed by atoms with Gasteiger partial charge in [-0.1, -0.05) is 18.2 Å². The molecule has 0 bridgehead atoms. The standard InChI is InChI=1S/C16H19N3O/c1-16(2,3)19-15(20)14-10-9-13(11-17-14)18-12-7-5-4-6-8-12/h4-11,18H,1-3H3,(H,19,20). The number of pyridine rings is 1. The van der Waals surface area contributed by atoms with Crippen molar-refractivity contribution in [3.05, 3.63) is 54.4 Å². The zero-order chi connectivity index (χ0) is 14.6. The first-order valence-electron chi connectivity index (χ1n) is 6.55. The molecule has 0 aliphatic heterocycles. The highest BCUT2D eigenvalue weighted by molar-refractivity contribution is 5.92. The molecule has 0 atom stereocenters. The first-order valence-corrected chi connectivity index (χ1v) is 6.55. The Balaban J connectivity index is 2.05. The molecule has 1 amide bonds. The molecule has 2 aromatic rings. The van der Waals surface area contributed by atoms with E-state index in [0.717, 1.165) is 11.4 Å². The third-order valence-electron chi connectivity index (χ3n) is 2.55. The molecule has 0 spiro atoms. The highest BCUT2D eigenvalue weighted by Gasteiger charge is 2.15. The molecule has 2 rings (SSSR count). The Morgan fingerprint density at radius 2 is 1.70 bits per heavy atom. The van der Waals surface area contributed by atoms with Crippen LogP contribution >= 0.6 is 0 Å². The highest BCUT2D eigenvalue weighted by atomic mass is 16.2. The number of hydrogen-bond acceptors (Lipinski definition) is 3. The number of para-hydroxylation sites is 1. The van der Waals surface area contributed by atoms with Gasteiger partial charge in [0.05, 0.1) is 11.9 Å². The lowest BCUT2D eigenvalue weighted by Gasteiger charge is -2.20. The van der Waals surface area contributed by atoms with E-state index in [1.165, 1.54) is 0 Å². The lowest BCUT2D eigenvalue weighted by atomic mass is 10.1. The SMILES string of the molecule is CC(C)(C)NC(=O)c1ccc(Nc2ccccc2)cn1. The Kier molecular flexibility index (Phi) is 4.03. The number of carbonyl (C=O) groups excluding carboxylic acids is 1. The third kappa shape index (κ3) is 4.09. The first-order chi connectivity index (χ1) is 9.44. The van der Waals surface area contributed by atoms with E-state index in [4.69, 9.17) is 0 Å². The van der Waals surface area contributed by atoms with Crippen LogP contribution in [0.15, 0.2) is 48.7 Å². The van der Waals surface area contributed by atoms with Crippen molar-refractivity contribution >= 4 is 17.3 Å². The summed E-state index contributed by atoms with van der Waals surface area (Å²) in [5.74, 6) is -0.163. The van der Waals surface area contributed by atoms with Gasteiger partial charge in [-0.3, -0.25) is 4.79 Å². The molecule has 4 heteroatoms.